The first-order valence-corrected chi connectivity index (χ1v) is 8.24. The van der Waals surface area contributed by atoms with Gasteiger partial charge >= 0.3 is 7.12 Å². The van der Waals surface area contributed by atoms with E-state index >= 15 is 0 Å². The Labute approximate surface area is 78.0 Å². The van der Waals surface area contributed by atoms with Crippen LogP contribution in [0, 0.1) is 0 Å². The summed E-state index contributed by atoms with van der Waals surface area (Å²) in [5.41, 5.74) is 0. The van der Waals surface area contributed by atoms with Gasteiger partial charge in [-0.3, -0.25) is 0 Å². The zero-order chi connectivity index (χ0) is 9.35. The zero-order valence-corrected chi connectivity index (χ0v) is 9.35. The van der Waals surface area contributed by atoms with E-state index in [0.717, 1.165) is 0 Å². The summed E-state index contributed by atoms with van der Waals surface area (Å²) >= 11 is 1.42. The van der Waals surface area contributed by atoms with Crippen LogP contribution in [0.2, 0.25) is 19.6 Å². The van der Waals surface area contributed by atoms with Crippen LogP contribution in [0.1, 0.15) is 0 Å². The highest BCUT2D eigenvalue weighted by molar-refractivity contribution is 7.22. The number of hydrogen-bond acceptors (Lipinski definition) is 3. The second-order valence-corrected chi connectivity index (χ2v) is 9.88. The molecule has 12 heavy (non-hydrogen) atoms. The Morgan fingerprint density at radius 3 is 2.17 bits per heavy atom. The Kier molecular flexibility index (Phi) is 2.78. The fourth-order valence-corrected chi connectivity index (χ4v) is 3.81. The van der Waals surface area contributed by atoms with Gasteiger partial charge in [0.1, 0.15) is 0 Å². The first kappa shape index (κ1) is 9.99. The number of rotatable bonds is 2. The van der Waals surface area contributed by atoms with Crippen molar-refractivity contribution in [2.75, 3.05) is 0 Å². The normalized spacial score (nSPS) is 11.8. The lowest BCUT2D eigenvalue weighted by atomic mass is 9.90. The lowest BCUT2D eigenvalue weighted by Crippen LogP contribution is -2.38. The second kappa shape index (κ2) is 3.34. The van der Waals surface area contributed by atoms with Crippen LogP contribution in [-0.2, 0) is 0 Å². The second-order valence-electron chi connectivity index (χ2n) is 3.86. The summed E-state index contributed by atoms with van der Waals surface area (Å²) in [5, 5.41) is 21.1. The molecule has 0 aliphatic rings. The van der Waals surface area contributed by atoms with Crippen molar-refractivity contribution in [3.63, 3.8) is 0 Å². The lowest BCUT2D eigenvalue weighted by molar-refractivity contribution is 0.427. The fourth-order valence-electron chi connectivity index (χ4n) is 0.882. The van der Waals surface area contributed by atoms with Gasteiger partial charge in [0.15, 0.2) is 0 Å². The largest absolute Gasteiger partial charge is 0.499 e. The summed E-state index contributed by atoms with van der Waals surface area (Å²) in [5.74, 6) is 0. The van der Waals surface area contributed by atoms with Crippen molar-refractivity contribution in [3.05, 3.63) is 11.4 Å². The molecule has 0 saturated carbocycles. The predicted molar refractivity (Wildman–Crippen MR) is 57.1 cm³/mol. The maximum absolute atomic E-state index is 8.88. The van der Waals surface area contributed by atoms with Gasteiger partial charge in [-0.1, -0.05) is 25.7 Å². The van der Waals surface area contributed by atoms with E-state index in [-0.39, 0.29) is 0 Å². The Morgan fingerprint density at radius 2 is 1.92 bits per heavy atom. The van der Waals surface area contributed by atoms with Gasteiger partial charge in [-0.25, -0.2) is 0 Å². The maximum atomic E-state index is 8.88. The fraction of sp³-hybridized carbons (Fsp3) is 0.429. The van der Waals surface area contributed by atoms with Crippen LogP contribution in [-0.4, -0.2) is 25.2 Å². The highest BCUT2D eigenvalue weighted by atomic mass is 32.1. The quantitative estimate of drug-likeness (QED) is 0.658. The van der Waals surface area contributed by atoms with Gasteiger partial charge in [0.25, 0.3) is 0 Å². The molecule has 0 aliphatic carbocycles. The zero-order valence-electron chi connectivity index (χ0n) is 7.53. The summed E-state index contributed by atoms with van der Waals surface area (Å²) in [6.45, 7) is 6.72. The molecule has 0 saturated heterocycles. The van der Waals surface area contributed by atoms with E-state index in [4.69, 9.17) is 10.0 Å². The first-order chi connectivity index (χ1) is 5.41. The van der Waals surface area contributed by atoms with Crippen LogP contribution in [0.15, 0.2) is 11.4 Å². The summed E-state index contributed by atoms with van der Waals surface area (Å²) < 4.78 is 0.646. The molecule has 1 aromatic rings. The van der Waals surface area contributed by atoms with Gasteiger partial charge in [-0.2, -0.15) is 11.3 Å². The maximum Gasteiger partial charge on any atom is 0.499 e. The van der Waals surface area contributed by atoms with Crippen LogP contribution >= 0.6 is 11.3 Å². The molecular weight excluding hydrogens is 187 g/mol. The third kappa shape index (κ3) is 2.20. The van der Waals surface area contributed by atoms with E-state index in [2.05, 4.69) is 19.6 Å². The Hall–Kier alpha value is -0.0982. The van der Waals surface area contributed by atoms with Crippen LogP contribution in [0.5, 0.6) is 0 Å². The molecule has 2 nitrogen and oxygen atoms in total. The molecule has 0 amide bonds. The smallest absolute Gasteiger partial charge is 0.423 e. The molecule has 0 bridgehead atoms. The third-order valence-corrected chi connectivity index (χ3v) is 4.94. The van der Waals surface area contributed by atoms with E-state index in [1.165, 1.54) is 16.5 Å². The third-order valence-electron chi connectivity index (χ3n) is 1.74. The molecule has 0 aliphatic heterocycles. The van der Waals surface area contributed by atoms with Crippen molar-refractivity contribution in [2.45, 2.75) is 19.6 Å². The van der Waals surface area contributed by atoms with Crippen LogP contribution in [0.25, 0.3) is 0 Å². The van der Waals surface area contributed by atoms with E-state index < -0.39 is 15.2 Å². The van der Waals surface area contributed by atoms with Crippen LogP contribution in [0.3, 0.4) is 0 Å². The van der Waals surface area contributed by atoms with Crippen molar-refractivity contribution in [3.8, 4) is 0 Å². The monoisotopic (exact) mass is 200 g/mol. The van der Waals surface area contributed by atoms with E-state index in [1.807, 2.05) is 11.4 Å². The van der Waals surface area contributed by atoms with Gasteiger partial charge in [-0.05, 0) is 10.6 Å². The van der Waals surface area contributed by atoms with Crippen molar-refractivity contribution >= 4 is 36.5 Å². The van der Waals surface area contributed by atoms with Crippen molar-refractivity contribution < 1.29 is 10.0 Å². The standard InChI is InChI=1S/C7H13BO2SSi/c1-12(2,3)6-4-7(8(9)10)11-5-6/h4-5,9-10H,1-3H3. The molecule has 1 heterocycles. The molecular formula is C7H13BO2SSi. The number of hydrogen-bond donors (Lipinski definition) is 2. The van der Waals surface area contributed by atoms with Gasteiger partial charge < -0.3 is 10.0 Å². The average Bonchev–Trinajstić information content (AvgIpc) is 2.30. The molecule has 0 radical (unpaired) electrons. The molecule has 2 N–H and O–H groups in total. The molecule has 0 spiro atoms. The highest BCUT2D eigenvalue weighted by Gasteiger charge is 2.21. The number of thiophene rings is 1. The Morgan fingerprint density at radius 1 is 1.33 bits per heavy atom. The van der Waals surface area contributed by atoms with Gasteiger partial charge in [0.2, 0.25) is 0 Å². The van der Waals surface area contributed by atoms with E-state index in [1.54, 1.807) is 0 Å². The predicted octanol–water partition coefficient (Wildman–Crippen LogP) is -0.0269. The van der Waals surface area contributed by atoms with Crippen LogP contribution < -0.4 is 9.96 Å². The minimum atomic E-state index is -1.31. The van der Waals surface area contributed by atoms with E-state index in [0.29, 0.717) is 4.78 Å². The molecule has 0 unspecified atom stereocenters. The SMILES string of the molecule is C[Si](C)(C)c1csc(B(O)O)c1. The molecule has 5 heteroatoms. The lowest BCUT2D eigenvalue weighted by Gasteiger charge is -2.12. The molecule has 0 aromatic carbocycles. The van der Waals surface area contributed by atoms with E-state index in [9.17, 15) is 0 Å². The topological polar surface area (TPSA) is 40.5 Å². The summed E-state index contributed by atoms with van der Waals surface area (Å²) in [6.07, 6.45) is 0. The van der Waals surface area contributed by atoms with Crippen molar-refractivity contribution in [1.29, 1.82) is 0 Å². The minimum Gasteiger partial charge on any atom is -0.423 e. The Balaban J connectivity index is 2.92. The van der Waals surface area contributed by atoms with Crippen molar-refractivity contribution in [2.24, 2.45) is 0 Å². The Bertz CT molecular complexity index is 267. The van der Waals surface area contributed by atoms with Gasteiger partial charge in [-0.15, -0.1) is 0 Å². The van der Waals surface area contributed by atoms with Crippen LogP contribution in [0.4, 0.5) is 0 Å². The summed E-state index contributed by atoms with van der Waals surface area (Å²) in [6, 6.07) is 1.90. The molecule has 1 aromatic heterocycles. The molecule has 1 rings (SSSR count). The summed E-state index contributed by atoms with van der Waals surface area (Å²) in [4.78, 5) is 0. The minimum absolute atomic E-state index is 0.646. The van der Waals surface area contributed by atoms with Crippen molar-refractivity contribution in [1.82, 2.24) is 0 Å². The van der Waals surface area contributed by atoms with Gasteiger partial charge in [0.05, 0.1) is 8.07 Å². The molecule has 0 atom stereocenters. The summed E-state index contributed by atoms with van der Waals surface area (Å²) in [7, 11) is -2.58. The average molecular weight is 200 g/mol. The molecule has 0 fully saturated rings. The molecule has 66 valence electrons. The highest BCUT2D eigenvalue weighted by Crippen LogP contribution is 2.04. The first-order valence-electron chi connectivity index (χ1n) is 3.86. The van der Waals surface area contributed by atoms with Gasteiger partial charge in [0, 0.05) is 4.78 Å².